The zero-order chi connectivity index (χ0) is 22.5. The number of hydrogen-bond donors (Lipinski definition) is 1. The van der Waals surface area contributed by atoms with Crippen LogP contribution in [0.4, 0.5) is 0 Å². The number of benzene rings is 2. The highest BCUT2D eigenvalue weighted by molar-refractivity contribution is 6.30. The highest BCUT2D eigenvalue weighted by atomic mass is 35.5. The maximum Gasteiger partial charge on any atom is 0.349 e. The van der Waals surface area contributed by atoms with E-state index in [2.05, 4.69) is 5.32 Å². The fourth-order valence-corrected chi connectivity index (χ4v) is 3.43. The van der Waals surface area contributed by atoms with Gasteiger partial charge in [0.05, 0.1) is 6.10 Å². The fourth-order valence-electron chi connectivity index (χ4n) is 3.31. The molecule has 2 heterocycles. The van der Waals surface area contributed by atoms with Gasteiger partial charge in [0, 0.05) is 35.7 Å². The summed E-state index contributed by atoms with van der Waals surface area (Å²) in [6.45, 7) is 1.03. The third-order valence-corrected chi connectivity index (χ3v) is 5.22. The zero-order valence-corrected chi connectivity index (χ0v) is 17.8. The molecule has 1 amide bonds. The molecule has 1 fully saturated rings. The monoisotopic (exact) mass is 453 g/mol. The van der Waals surface area contributed by atoms with Crippen LogP contribution in [0.5, 0.6) is 5.75 Å². The van der Waals surface area contributed by atoms with E-state index in [0.29, 0.717) is 23.6 Å². The molecule has 2 aromatic carbocycles. The second-order valence-electron chi connectivity index (χ2n) is 7.30. The number of hydrogen-bond acceptors (Lipinski definition) is 6. The maximum absolute atomic E-state index is 12.4. The van der Waals surface area contributed by atoms with Crippen LogP contribution in [-0.4, -0.2) is 31.1 Å². The van der Waals surface area contributed by atoms with Gasteiger partial charge in [-0.25, -0.2) is 9.59 Å². The van der Waals surface area contributed by atoms with Crippen LogP contribution in [0.2, 0.25) is 5.02 Å². The minimum atomic E-state index is -0.770. The highest BCUT2D eigenvalue weighted by Crippen LogP contribution is 2.21. The Labute approximate surface area is 188 Å². The summed E-state index contributed by atoms with van der Waals surface area (Å²) in [5, 5.41) is 3.84. The van der Waals surface area contributed by atoms with Gasteiger partial charge in [0.1, 0.15) is 16.9 Å². The van der Waals surface area contributed by atoms with E-state index >= 15 is 0 Å². The summed E-state index contributed by atoms with van der Waals surface area (Å²) in [5.41, 5.74) is 0.137. The van der Waals surface area contributed by atoms with Crippen LogP contribution in [0.3, 0.4) is 0 Å². The van der Waals surface area contributed by atoms with Crippen molar-refractivity contribution >= 4 is 40.5 Å². The van der Waals surface area contributed by atoms with Crippen molar-refractivity contribution in [1.29, 1.82) is 0 Å². The lowest BCUT2D eigenvalue weighted by atomic mass is 10.1. The molecule has 0 aliphatic carbocycles. The van der Waals surface area contributed by atoms with E-state index in [1.54, 1.807) is 42.5 Å². The van der Waals surface area contributed by atoms with Crippen molar-refractivity contribution in [3.05, 3.63) is 81.2 Å². The molecule has 0 bridgehead atoms. The van der Waals surface area contributed by atoms with Crippen LogP contribution in [-0.2, 0) is 9.53 Å². The lowest BCUT2D eigenvalue weighted by molar-refractivity contribution is -0.128. The van der Waals surface area contributed by atoms with Gasteiger partial charge in [-0.1, -0.05) is 23.7 Å². The van der Waals surface area contributed by atoms with Crippen LogP contribution in [0.25, 0.3) is 17.0 Å². The summed E-state index contributed by atoms with van der Waals surface area (Å²) in [7, 11) is 0. The molecule has 1 aliphatic rings. The molecule has 1 aromatic heterocycles. The predicted octanol–water partition coefficient (Wildman–Crippen LogP) is 3.97. The van der Waals surface area contributed by atoms with Crippen LogP contribution < -0.4 is 15.7 Å². The number of carbonyl (C=O) groups is 2. The van der Waals surface area contributed by atoms with Crippen molar-refractivity contribution in [1.82, 2.24) is 5.32 Å². The van der Waals surface area contributed by atoms with E-state index in [1.807, 2.05) is 0 Å². The number of esters is 1. The molecule has 4 rings (SSSR count). The second kappa shape index (κ2) is 9.80. The Morgan fingerprint density at radius 1 is 1.16 bits per heavy atom. The molecule has 7 nitrogen and oxygen atoms in total. The van der Waals surface area contributed by atoms with E-state index in [1.165, 1.54) is 18.2 Å². The Bertz CT molecular complexity index is 1230. The lowest BCUT2D eigenvalue weighted by Crippen LogP contribution is -2.34. The first-order valence-electron chi connectivity index (χ1n) is 10.1. The summed E-state index contributed by atoms with van der Waals surface area (Å²) in [5.74, 6) is -0.896. The number of fused-ring (bicyclic) bond motifs is 1. The van der Waals surface area contributed by atoms with Gasteiger partial charge in [0.2, 0.25) is 0 Å². The first-order chi connectivity index (χ1) is 15.5. The van der Waals surface area contributed by atoms with Gasteiger partial charge in [-0.05, 0) is 54.8 Å². The van der Waals surface area contributed by atoms with Crippen molar-refractivity contribution in [3.63, 3.8) is 0 Å². The van der Waals surface area contributed by atoms with E-state index in [9.17, 15) is 14.4 Å². The molecule has 8 heteroatoms. The molecule has 164 valence electrons. The van der Waals surface area contributed by atoms with E-state index in [4.69, 9.17) is 25.5 Å². The normalized spacial score (nSPS) is 15.8. The Balaban J connectivity index is 1.43. The molecular formula is C24H20ClNO6. The summed E-state index contributed by atoms with van der Waals surface area (Å²) in [6.07, 6.45) is 4.69. The standard InChI is InChI=1S/C24H20ClNO6/c25-17-7-3-15(4-8-17)5-10-22(27)31-18-9-6-16-12-20(24(29)32-21(16)13-18)23(28)26-14-19-2-1-11-30-19/h3-10,12-13,19H,1-2,11,14H2,(H,26,28)/b10-5+. The molecule has 0 spiro atoms. The summed E-state index contributed by atoms with van der Waals surface area (Å²) < 4.78 is 16.0. The van der Waals surface area contributed by atoms with Crippen molar-refractivity contribution in [2.24, 2.45) is 0 Å². The van der Waals surface area contributed by atoms with Gasteiger partial charge < -0.3 is 19.2 Å². The van der Waals surface area contributed by atoms with E-state index in [-0.39, 0.29) is 23.0 Å². The van der Waals surface area contributed by atoms with E-state index < -0.39 is 17.5 Å². The van der Waals surface area contributed by atoms with E-state index in [0.717, 1.165) is 18.4 Å². The molecule has 0 saturated carbocycles. The molecular weight excluding hydrogens is 434 g/mol. The van der Waals surface area contributed by atoms with Gasteiger partial charge in [-0.2, -0.15) is 0 Å². The smallest absolute Gasteiger partial charge is 0.349 e. The van der Waals surface area contributed by atoms with Crippen molar-refractivity contribution in [2.45, 2.75) is 18.9 Å². The molecule has 0 radical (unpaired) electrons. The van der Waals surface area contributed by atoms with Crippen LogP contribution in [0, 0.1) is 0 Å². The number of rotatable bonds is 6. The lowest BCUT2D eigenvalue weighted by Gasteiger charge is -2.10. The summed E-state index contributed by atoms with van der Waals surface area (Å²) >= 11 is 5.84. The quantitative estimate of drug-likeness (QED) is 0.262. The Kier molecular flexibility index (Phi) is 6.68. The van der Waals surface area contributed by atoms with Gasteiger partial charge in [0.15, 0.2) is 0 Å². The van der Waals surface area contributed by atoms with Gasteiger partial charge in [-0.3, -0.25) is 4.79 Å². The van der Waals surface area contributed by atoms with Gasteiger partial charge >= 0.3 is 11.6 Å². The Hall–Kier alpha value is -3.42. The van der Waals surface area contributed by atoms with Gasteiger partial charge in [-0.15, -0.1) is 0 Å². The average molecular weight is 454 g/mol. The Morgan fingerprint density at radius 3 is 2.72 bits per heavy atom. The first kappa shape index (κ1) is 21.8. The van der Waals surface area contributed by atoms with Crippen molar-refractivity contribution in [2.75, 3.05) is 13.2 Å². The van der Waals surface area contributed by atoms with Crippen LogP contribution >= 0.6 is 11.6 Å². The van der Waals surface area contributed by atoms with Crippen molar-refractivity contribution < 1.29 is 23.5 Å². The minimum Gasteiger partial charge on any atom is -0.423 e. The summed E-state index contributed by atoms with van der Waals surface area (Å²) in [6, 6.07) is 13.0. The largest absolute Gasteiger partial charge is 0.423 e. The number of amides is 1. The highest BCUT2D eigenvalue weighted by Gasteiger charge is 2.19. The summed E-state index contributed by atoms with van der Waals surface area (Å²) in [4.78, 5) is 36.8. The predicted molar refractivity (Wildman–Crippen MR) is 120 cm³/mol. The maximum atomic E-state index is 12.4. The van der Waals surface area contributed by atoms with Gasteiger partial charge in [0.25, 0.3) is 5.91 Å². The third-order valence-electron chi connectivity index (χ3n) is 4.97. The number of ether oxygens (including phenoxy) is 2. The number of halogens is 1. The topological polar surface area (TPSA) is 94.8 Å². The third kappa shape index (κ3) is 5.43. The number of nitrogens with one attached hydrogen (secondary N) is 1. The molecule has 1 N–H and O–H groups in total. The zero-order valence-electron chi connectivity index (χ0n) is 17.0. The first-order valence-corrected chi connectivity index (χ1v) is 10.5. The minimum absolute atomic E-state index is 0.0302. The molecule has 1 saturated heterocycles. The average Bonchev–Trinajstić information content (AvgIpc) is 3.30. The number of carbonyl (C=O) groups excluding carboxylic acids is 2. The molecule has 1 aliphatic heterocycles. The second-order valence-corrected chi connectivity index (χ2v) is 7.73. The molecule has 3 aromatic rings. The molecule has 1 atom stereocenters. The molecule has 1 unspecified atom stereocenters. The SMILES string of the molecule is O=C(/C=C/c1ccc(Cl)cc1)Oc1ccc2cc(C(=O)NCC3CCCO3)c(=O)oc2c1. The van der Waals surface area contributed by atoms with Crippen LogP contribution in [0.1, 0.15) is 28.8 Å². The Morgan fingerprint density at radius 2 is 1.97 bits per heavy atom. The fraction of sp³-hybridized carbons (Fsp3) is 0.208. The molecule has 32 heavy (non-hydrogen) atoms. The van der Waals surface area contributed by atoms with Crippen molar-refractivity contribution in [3.8, 4) is 5.75 Å². The van der Waals surface area contributed by atoms with Crippen LogP contribution in [0.15, 0.2) is 63.8 Å².